The van der Waals surface area contributed by atoms with Crippen molar-refractivity contribution < 1.29 is 4.79 Å². The van der Waals surface area contributed by atoms with Crippen molar-refractivity contribution in [1.82, 2.24) is 15.1 Å². The Hall–Kier alpha value is -1.85. The average Bonchev–Trinajstić information content (AvgIpc) is 2.78. The van der Waals surface area contributed by atoms with Crippen molar-refractivity contribution in [2.75, 3.05) is 0 Å². The third-order valence-electron chi connectivity index (χ3n) is 3.32. The van der Waals surface area contributed by atoms with E-state index < -0.39 is 6.04 Å². The molecule has 21 heavy (non-hydrogen) atoms. The van der Waals surface area contributed by atoms with E-state index >= 15 is 0 Å². The highest BCUT2D eigenvalue weighted by Gasteiger charge is 2.19. The lowest BCUT2D eigenvalue weighted by molar-refractivity contribution is -0.123. The maximum atomic E-state index is 12.2. The average molecular weight is 309 g/mol. The molecular weight excluding hydrogens is 288 g/mol. The van der Waals surface area contributed by atoms with E-state index in [1.165, 1.54) is 0 Å². The summed E-state index contributed by atoms with van der Waals surface area (Å²) in [5.41, 5.74) is 8.69. The van der Waals surface area contributed by atoms with Gasteiger partial charge in [-0.15, -0.1) is 12.4 Å². The highest BCUT2D eigenvalue weighted by atomic mass is 35.5. The van der Waals surface area contributed by atoms with Gasteiger partial charge in [0.25, 0.3) is 0 Å². The number of nitrogens with zero attached hydrogens (tertiary/aromatic N) is 2. The van der Waals surface area contributed by atoms with Crippen LogP contribution in [0.3, 0.4) is 0 Å². The van der Waals surface area contributed by atoms with Gasteiger partial charge < -0.3 is 11.1 Å². The summed E-state index contributed by atoms with van der Waals surface area (Å²) >= 11 is 0. The molecule has 1 amide bonds. The number of nitrogens with one attached hydrogen (secondary N) is 1. The van der Waals surface area contributed by atoms with Crippen LogP contribution in [0.2, 0.25) is 0 Å². The number of carbonyl (C=O) groups excluding carboxylic acids is 1. The first-order chi connectivity index (χ1) is 9.49. The van der Waals surface area contributed by atoms with Crippen LogP contribution in [0, 0.1) is 6.92 Å². The van der Waals surface area contributed by atoms with Crippen molar-refractivity contribution in [1.29, 1.82) is 0 Å². The zero-order valence-electron chi connectivity index (χ0n) is 12.4. The topological polar surface area (TPSA) is 72.9 Å². The Labute approximate surface area is 130 Å². The molecule has 1 aromatic carbocycles. The van der Waals surface area contributed by atoms with Crippen LogP contribution in [0.1, 0.15) is 35.8 Å². The summed E-state index contributed by atoms with van der Waals surface area (Å²) in [7, 11) is 1.86. The largest absolute Gasteiger partial charge is 0.348 e. The van der Waals surface area contributed by atoms with E-state index in [2.05, 4.69) is 10.4 Å². The van der Waals surface area contributed by atoms with E-state index in [4.69, 9.17) is 5.73 Å². The van der Waals surface area contributed by atoms with Crippen molar-refractivity contribution >= 4 is 18.3 Å². The van der Waals surface area contributed by atoms with Gasteiger partial charge in [-0.1, -0.05) is 30.3 Å². The number of hydrogen-bond donors (Lipinski definition) is 2. The van der Waals surface area contributed by atoms with Crippen molar-refractivity contribution in [3.05, 3.63) is 53.3 Å². The smallest absolute Gasteiger partial charge is 0.241 e. The first kappa shape index (κ1) is 17.2. The monoisotopic (exact) mass is 308 g/mol. The summed E-state index contributed by atoms with van der Waals surface area (Å²) < 4.78 is 1.74. The second kappa shape index (κ2) is 7.24. The van der Waals surface area contributed by atoms with E-state index in [9.17, 15) is 4.79 Å². The Morgan fingerprint density at radius 3 is 2.48 bits per heavy atom. The SMILES string of the molecule is Cc1nn(C)cc1C(C)NC(=O)C(N)c1ccccc1.Cl. The highest BCUT2D eigenvalue weighted by Crippen LogP contribution is 2.17. The van der Waals surface area contributed by atoms with Crippen LogP contribution in [-0.4, -0.2) is 15.7 Å². The minimum Gasteiger partial charge on any atom is -0.348 e. The molecule has 1 heterocycles. The zero-order valence-corrected chi connectivity index (χ0v) is 13.2. The van der Waals surface area contributed by atoms with Gasteiger partial charge in [-0.05, 0) is 19.4 Å². The molecule has 0 bridgehead atoms. The third-order valence-corrected chi connectivity index (χ3v) is 3.32. The summed E-state index contributed by atoms with van der Waals surface area (Å²) in [6.07, 6.45) is 1.91. The minimum atomic E-state index is -0.657. The molecule has 0 aliphatic rings. The fourth-order valence-electron chi connectivity index (χ4n) is 2.24. The molecule has 0 aliphatic heterocycles. The molecule has 0 saturated heterocycles. The summed E-state index contributed by atoms with van der Waals surface area (Å²) in [4.78, 5) is 12.2. The van der Waals surface area contributed by atoms with E-state index in [0.29, 0.717) is 0 Å². The third kappa shape index (κ3) is 4.06. The Morgan fingerprint density at radius 2 is 1.95 bits per heavy atom. The number of hydrogen-bond acceptors (Lipinski definition) is 3. The predicted octanol–water partition coefficient (Wildman–Crippen LogP) is 2.03. The number of aryl methyl sites for hydroxylation is 2. The van der Waals surface area contributed by atoms with Gasteiger partial charge in [0, 0.05) is 18.8 Å². The second-order valence-electron chi connectivity index (χ2n) is 4.96. The van der Waals surface area contributed by atoms with Gasteiger partial charge in [0.15, 0.2) is 0 Å². The number of rotatable bonds is 4. The fourth-order valence-corrected chi connectivity index (χ4v) is 2.24. The van der Waals surface area contributed by atoms with Crippen LogP contribution >= 0.6 is 12.4 Å². The van der Waals surface area contributed by atoms with Gasteiger partial charge >= 0.3 is 0 Å². The molecule has 0 aliphatic carbocycles. The van der Waals surface area contributed by atoms with Crippen molar-refractivity contribution in [2.45, 2.75) is 25.9 Å². The Balaban J connectivity index is 0.00000220. The van der Waals surface area contributed by atoms with Gasteiger partial charge in [0.1, 0.15) is 6.04 Å². The second-order valence-corrected chi connectivity index (χ2v) is 4.96. The van der Waals surface area contributed by atoms with Crippen LogP contribution in [0.5, 0.6) is 0 Å². The molecule has 2 rings (SSSR count). The molecular formula is C15H21ClN4O. The summed E-state index contributed by atoms with van der Waals surface area (Å²) in [5.74, 6) is -0.188. The molecule has 114 valence electrons. The number of carbonyl (C=O) groups is 1. The first-order valence-electron chi connectivity index (χ1n) is 6.60. The molecule has 2 unspecified atom stereocenters. The van der Waals surface area contributed by atoms with Crippen molar-refractivity contribution in [2.24, 2.45) is 12.8 Å². The van der Waals surface area contributed by atoms with Crippen LogP contribution in [-0.2, 0) is 11.8 Å². The van der Waals surface area contributed by atoms with Gasteiger partial charge in [-0.3, -0.25) is 9.48 Å². The molecule has 0 radical (unpaired) electrons. The lowest BCUT2D eigenvalue weighted by atomic mass is 10.1. The van der Waals surface area contributed by atoms with Gasteiger partial charge in [0.2, 0.25) is 5.91 Å². The quantitative estimate of drug-likeness (QED) is 0.907. The number of nitrogens with two attached hydrogens (primary N) is 1. The maximum absolute atomic E-state index is 12.2. The summed E-state index contributed by atoms with van der Waals surface area (Å²) in [5, 5.41) is 7.21. The fraction of sp³-hybridized carbons (Fsp3) is 0.333. The molecule has 2 aromatic rings. The lowest BCUT2D eigenvalue weighted by Gasteiger charge is -2.17. The first-order valence-corrected chi connectivity index (χ1v) is 6.60. The summed E-state index contributed by atoms with van der Waals surface area (Å²) in [6.45, 7) is 3.86. The van der Waals surface area contributed by atoms with E-state index in [-0.39, 0.29) is 24.4 Å². The molecule has 2 atom stereocenters. The minimum absolute atomic E-state index is 0. The number of aromatic nitrogens is 2. The van der Waals surface area contributed by atoms with Crippen LogP contribution in [0.25, 0.3) is 0 Å². The number of halogens is 1. The Morgan fingerprint density at radius 1 is 1.33 bits per heavy atom. The zero-order chi connectivity index (χ0) is 14.7. The maximum Gasteiger partial charge on any atom is 0.241 e. The van der Waals surface area contributed by atoms with E-state index in [1.807, 2.05) is 57.4 Å². The van der Waals surface area contributed by atoms with Crippen LogP contribution in [0.4, 0.5) is 0 Å². The van der Waals surface area contributed by atoms with E-state index in [1.54, 1.807) is 4.68 Å². The number of amides is 1. The standard InChI is InChI=1S/C15H20N4O.ClH/c1-10(13-9-19(3)18-11(13)2)17-15(20)14(16)12-7-5-4-6-8-12;/h4-10,14H,16H2,1-3H3,(H,17,20);1H. The summed E-state index contributed by atoms with van der Waals surface area (Å²) in [6, 6.07) is 8.57. The molecule has 6 heteroatoms. The Kier molecular flexibility index (Phi) is 5.93. The van der Waals surface area contributed by atoms with Gasteiger partial charge in [-0.25, -0.2) is 0 Å². The highest BCUT2D eigenvalue weighted by molar-refractivity contribution is 5.85. The Bertz CT molecular complexity index is 597. The predicted molar refractivity (Wildman–Crippen MR) is 85.1 cm³/mol. The normalized spacial score (nSPS) is 13.1. The molecule has 5 nitrogen and oxygen atoms in total. The molecule has 0 spiro atoms. The van der Waals surface area contributed by atoms with Crippen LogP contribution < -0.4 is 11.1 Å². The lowest BCUT2D eigenvalue weighted by Crippen LogP contribution is -2.35. The molecule has 0 fully saturated rings. The van der Waals surface area contributed by atoms with Crippen molar-refractivity contribution in [3.63, 3.8) is 0 Å². The molecule has 0 saturated carbocycles. The molecule has 3 N–H and O–H groups in total. The van der Waals surface area contributed by atoms with Crippen LogP contribution in [0.15, 0.2) is 36.5 Å². The number of benzene rings is 1. The van der Waals surface area contributed by atoms with E-state index in [0.717, 1.165) is 16.8 Å². The molecule has 1 aromatic heterocycles. The van der Waals surface area contributed by atoms with Crippen molar-refractivity contribution in [3.8, 4) is 0 Å². The van der Waals surface area contributed by atoms with Gasteiger partial charge in [0.05, 0.1) is 11.7 Å². The van der Waals surface area contributed by atoms with Gasteiger partial charge in [-0.2, -0.15) is 5.10 Å².